The number of piperidine rings is 1. The van der Waals surface area contributed by atoms with Crippen LogP contribution in [0.3, 0.4) is 0 Å². The van der Waals surface area contributed by atoms with Crippen molar-refractivity contribution in [3.63, 3.8) is 0 Å². The van der Waals surface area contributed by atoms with E-state index in [2.05, 4.69) is 26.1 Å². The van der Waals surface area contributed by atoms with Crippen molar-refractivity contribution in [3.05, 3.63) is 53.3 Å². The lowest BCUT2D eigenvalue weighted by atomic mass is 9.81. The number of hydrogen-bond donors (Lipinski definition) is 2. The molecule has 2 bridgehead atoms. The van der Waals surface area contributed by atoms with E-state index < -0.39 is 34.6 Å². The number of phenolic OH excluding ortho intramolecular Hbond substituents is 1. The summed E-state index contributed by atoms with van der Waals surface area (Å²) in [6.07, 6.45) is 6.85. The maximum absolute atomic E-state index is 16.8. The van der Waals surface area contributed by atoms with E-state index in [4.69, 9.17) is 11.2 Å². The first-order valence-electron chi connectivity index (χ1n) is 15.7. The van der Waals surface area contributed by atoms with Crippen LogP contribution in [-0.4, -0.2) is 77.6 Å². The van der Waals surface area contributed by atoms with E-state index >= 15 is 13.2 Å². The van der Waals surface area contributed by atoms with Gasteiger partial charge in [-0.15, -0.1) is 6.42 Å². The summed E-state index contributed by atoms with van der Waals surface area (Å²) in [6, 6.07) is 6.46. The molecule has 0 aliphatic carbocycles. The number of benzene rings is 3. The van der Waals surface area contributed by atoms with E-state index in [1.165, 1.54) is 18.2 Å². The number of halogens is 4. The summed E-state index contributed by atoms with van der Waals surface area (Å²) in [5.41, 5.74) is -1.87. The van der Waals surface area contributed by atoms with Gasteiger partial charge >= 0.3 is 6.01 Å². The van der Waals surface area contributed by atoms with Gasteiger partial charge in [0.05, 0.1) is 11.1 Å². The van der Waals surface area contributed by atoms with Gasteiger partial charge < -0.3 is 25.0 Å². The van der Waals surface area contributed by atoms with E-state index in [0.717, 1.165) is 31.5 Å². The number of fused-ring (bicyclic) bond motifs is 4. The normalized spacial score (nSPS) is 24.9. The molecular weight excluding hydrogens is 598 g/mol. The third-order valence-corrected chi connectivity index (χ3v) is 9.84. The molecule has 11 heteroatoms. The smallest absolute Gasteiger partial charge is 0.319 e. The predicted molar refractivity (Wildman–Crippen MR) is 169 cm³/mol. The number of aromatic hydroxyl groups is 1. The Labute approximate surface area is 264 Å². The van der Waals surface area contributed by atoms with Crippen LogP contribution >= 0.6 is 0 Å². The van der Waals surface area contributed by atoms with E-state index in [-0.39, 0.29) is 57.9 Å². The molecule has 7 rings (SSSR count). The number of nitrogens with zero attached hydrogens (tertiary/aromatic N) is 4. The van der Waals surface area contributed by atoms with Gasteiger partial charge in [0.2, 0.25) is 0 Å². The zero-order valence-corrected chi connectivity index (χ0v) is 25.7. The number of nitrogens with one attached hydrogen (secondary N) is 1. The second-order valence-electron chi connectivity index (χ2n) is 13.0. The number of likely N-dealkylation sites (tertiary alicyclic amines) is 1. The van der Waals surface area contributed by atoms with Gasteiger partial charge in [-0.2, -0.15) is 9.97 Å². The number of alkyl halides is 1. The third-order valence-electron chi connectivity index (χ3n) is 9.84. The fourth-order valence-corrected chi connectivity index (χ4v) is 7.41. The largest absolute Gasteiger partial charge is 0.508 e. The summed E-state index contributed by atoms with van der Waals surface area (Å²) in [5.74, 6) is -0.389. The first kappa shape index (κ1) is 30.5. The van der Waals surface area contributed by atoms with Crippen molar-refractivity contribution in [2.24, 2.45) is 5.41 Å². The summed E-state index contributed by atoms with van der Waals surface area (Å²) in [5, 5.41) is 14.6. The molecule has 3 fully saturated rings. The van der Waals surface area contributed by atoms with E-state index in [9.17, 15) is 9.50 Å². The average molecular weight is 634 g/mol. The minimum atomic E-state index is -1.11. The van der Waals surface area contributed by atoms with Crippen LogP contribution in [0.4, 0.5) is 23.4 Å². The average Bonchev–Trinajstić information content (AvgIpc) is 3.38. The van der Waals surface area contributed by atoms with Crippen LogP contribution in [-0.2, 0) is 0 Å². The van der Waals surface area contributed by atoms with Gasteiger partial charge in [-0.3, -0.25) is 0 Å². The summed E-state index contributed by atoms with van der Waals surface area (Å²) in [7, 11) is 0. The Balaban J connectivity index is 1.40. The molecule has 46 heavy (non-hydrogen) atoms. The summed E-state index contributed by atoms with van der Waals surface area (Å²) < 4.78 is 69.2. The van der Waals surface area contributed by atoms with Crippen LogP contribution in [0.15, 0.2) is 30.3 Å². The lowest BCUT2D eigenvalue weighted by Crippen LogP contribution is -2.51. The number of ether oxygens (including phenoxy) is 1. The molecule has 3 aromatic carbocycles. The molecule has 1 aromatic heterocycles. The molecule has 3 aliphatic heterocycles. The Morgan fingerprint density at radius 2 is 1.85 bits per heavy atom. The number of hydrogen-bond acceptors (Lipinski definition) is 7. The standard InChI is InChI=1S/C35H35F4N5O2/c1-4-23-26(36)9-6-19-12-22(45)13-24(29(19)23)30-27(37)14-25-32(31(30)39)41-34(42-33(25)44-15-20-7-8-21(16-44)40-20)46-18-35(3)17-43(5-2)11-10-28(35)38/h1,6,9,12-14,20-21,28,40,45H,5,7-8,10-11,15-18H2,2-3H3/t20-,21+,28-,35-/m0/s1. The Morgan fingerprint density at radius 1 is 1.09 bits per heavy atom. The quantitative estimate of drug-likeness (QED) is 0.201. The molecule has 240 valence electrons. The highest BCUT2D eigenvalue weighted by Crippen LogP contribution is 2.42. The molecule has 7 nitrogen and oxygen atoms in total. The Hall–Kier alpha value is -4.14. The van der Waals surface area contributed by atoms with Crippen molar-refractivity contribution < 1.29 is 27.4 Å². The monoisotopic (exact) mass is 633 g/mol. The van der Waals surface area contributed by atoms with E-state index in [1.54, 1.807) is 0 Å². The van der Waals surface area contributed by atoms with Gasteiger partial charge in [0.25, 0.3) is 0 Å². The second kappa shape index (κ2) is 11.6. The van der Waals surface area contributed by atoms with Crippen LogP contribution in [0.25, 0.3) is 32.8 Å². The zero-order valence-electron chi connectivity index (χ0n) is 25.7. The molecule has 0 amide bonds. The third kappa shape index (κ3) is 5.17. The highest BCUT2D eigenvalue weighted by atomic mass is 19.1. The Kier molecular flexibility index (Phi) is 7.68. The molecule has 0 unspecified atom stereocenters. The van der Waals surface area contributed by atoms with Crippen LogP contribution in [0.2, 0.25) is 0 Å². The zero-order chi connectivity index (χ0) is 32.3. The van der Waals surface area contributed by atoms with Gasteiger partial charge in [0, 0.05) is 60.0 Å². The van der Waals surface area contributed by atoms with Crippen molar-refractivity contribution in [1.82, 2.24) is 20.2 Å². The molecule has 0 spiro atoms. The van der Waals surface area contributed by atoms with Crippen molar-refractivity contribution in [1.29, 1.82) is 0 Å². The highest BCUT2D eigenvalue weighted by Gasteiger charge is 2.41. The van der Waals surface area contributed by atoms with Crippen molar-refractivity contribution in [2.45, 2.75) is 51.4 Å². The number of piperazine rings is 1. The molecule has 0 saturated carbocycles. The molecule has 0 radical (unpaired) electrons. The summed E-state index contributed by atoms with van der Waals surface area (Å²) >= 11 is 0. The van der Waals surface area contributed by atoms with E-state index in [0.29, 0.717) is 43.8 Å². The fraction of sp³-hybridized carbons (Fsp3) is 0.429. The Morgan fingerprint density at radius 3 is 2.57 bits per heavy atom. The lowest BCUT2D eigenvalue weighted by Gasteiger charge is -2.42. The number of terminal acetylenes is 1. The lowest BCUT2D eigenvalue weighted by molar-refractivity contribution is -0.0154. The highest BCUT2D eigenvalue weighted by molar-refractivity contribution is 6.04. The first-order valence-corrected chi connectivity index (χ1v) is 15.7. The van der Waals surface area contributed by atoms with Gasteiger partial charge in [0.15, 0.2) is 5.82 Å². The topological polar surface area (TPSA) is 73.8 Å². The van der Waals surface area contributed by atoms with Crippen molar-refractivity contribution in [3.8, 4) is 35.2 Å². The predicted octanol–water partition coefficient (Wildman–Crippen LogP) is 5.94. The molecule has 3 aliphatic rings. The molecule has 2 N–H and O–H groups in total. The van der Waals surface area contributed by atoms with Crippen LogP contribution in [0.5, 0.6) is 11.8 Å². The van der Waals surface area contributed by atoms with Gasteiger partial charge in [0.1, 0.15) is 41.5 Å². The SMILES string of the molecule is C#Cc1c(F)ccc2cc(O)cc(-c3c(F)cc4c(N5C[C@H]6CC[C@@H](C5)N6)nc(OC[C@]5(C)CN(CC)CC[C@@H]5F)nc4c3F)c12. The van der Waals surface area contributed by atoms with Gasteiger partial charge in [-0.1, -0.05) is 25.8 Å². The van der Waals surface area contributed by atoms with Crippen LogP contribution < -0.4 is 15.0 Å². The van der Waals surface area contributed by atoms with Gasteiger partial charge in [-0.05, 0) is 55.5 Å². The van der Waals surface area contributed by atoms with E-state index in [1.807, 2.05) is 18.7 Å². The first-order chi connectivity index (χ1) is 22.1. The summed E-state index contributed by atoms with van der Waals surface area (Å²) in [4.78, 5) is 13.2. The molecule has 4 heterocycles. The second-order valence-corrected chi connectivity index (χ2v) is 13.0. The minimum Gasteiger partial charge on any atom is -0.508 e. The van der Waals surface area contributed by atoms with Crippen molar-refractivity contribution >= 4 is 27.5 Å². The summed E-state index contributed by atoms with van der Waals surface area (Å²) in [6.45, 7) is 6.86. The number of aromatic nitrogens is 2. The minimum absolute atomic E-state index is 0.0416. The molecular formula is C35H35F4N5O2. The van der Waals surface area contributed by atoms with Crippen LogP contribution in [0, 0.1) is 35.2 Å². The van der Waals surface area contributed by atoms with Gasteiger partial charge in [-0.25, -0.2) is 17.6 Å². The Bertz CT molecular complexity index is 1890. The molecule has 3 saturated heterocycles. The maximum atomic E-state index is 16.8. The number of anilines is 1. The molecule has 4 aromatic rings. The maximum Gasteiger partial charge on any atom is 0.319 e. The van der Waals surface area contributed by atoms with Crippen LogP contribution in [0.1, 0.15) is 38.7 Å². The number of phenols is 1. The van der Waals surface area contributed by atoms with Crippen molar-refractivity contribution in [2.75, 3.05) is 44.2 Å². The number of rotatable bonds is 6. The molecule has 4 atom stereocenters. The fourth-order valence-electron chi connectivity index (χ4n) is 7.41.